The average Bonchev–Trinajstić information content (AvgIpc) is 3.14. The zero-order valence-corrected chi connectivity index (χ0v) is 11.4. The molecule has 2 aliphatic carbocycles. The lowest BCUT2D eigenvalue weighted by Gasteiger charge is -2.35. The number of rotatable bonds is 2. The van der Waals surface area contributed by atoms with Crippen LogP contribution < -0.4 is 0 Å². The van der Waals surface area contributed by atoms with Crippen LogP contribution in [-0.2, 0) is 9.59 Å². The van der Waals surface area contributed by atoms with E-state index in [4.69, 9.17) is 5.11 Å². The molecule has 4 heteroatoms. The van der Waals surface area contributed by atoms with Crippen molar-refractivity contribution in [3.8, 4) is 0 Å². The summed E-state index contributed by atoms with van der Waals surface area (Å²) >= 11 is 0. The number of hydrogen-bond donors (Lipinski definition) is 1. The highest BCUT2D eigenvalue weighted by Gasteiger charge is 2.59. The largest absolute Gasteiger partial charge is 0.481 e. The molecule has 0 aromatic heterocycles. The fourth-order valence-electron chi connectivity index (χ4n) is 4.03. The molecule has 0 aromatic rings. The lowest BCUT2D eigenvalue weighted by Crippen LogP contribution is -2.43. The first kappa shape index (κ1) is 12.9. The van der Waals surface area contributed by atoms with Gasteiger partial charge in [0.1, 0.15) is 0 Å². The highest BCUT2D eigenvalue weighted by molar-refractivity contribution is 5.79. The van der Waals surface area contributed by atoms with Gasteiger partial charge in [-0.2, -0.15) is 0 Å². The van der Waals surface area contributed by atoms with Crippen molar-refractivity contribution in [3.63, 3.8) is 0 Å². The number of piperidine rings is 1. The third-order valence-corrected chi connectivity index (χ3v) is 5.51. The Morgan fingerprint density at radius 3 is 2.21 bits per heavy atom. The zero-order valence-electron chi connectivity index (χ0n) is 11.4. The Bertz CT molecular complexity index is 379. The van der Waals surface area contributed by atoms with Gasteiger partial charge in [-0.1, -0.05) is 19.3 Å². The Balaban J connectivity index is 1.53. The lowest BCUT2D eigenvalue weighted by molar-refractivity contribution is -0.140. The van der Waals surface area contributed by atoms with Gasteiger partial charge in [0.05, 0.1) is 5.92 Å². The molecule has 19 heavy (non-hydrogen) atoms. The molecule has 1 amide bonds. The number of hydrogen-bond acceptors (Lipinski definition) is 2. The summed E-state index contributed by atoms with van der Waals surface area (Å²) in [5, 5.41) is 9.07. The molecule has 3 rings (SSSR count). The van der Waals surface area contributed by atoms with Crippen LogP contribution in [-0.4, -0.2) is 35.0 Å². The van der Waals surface area contributed by atoms with Crippen molar-refractivity contribution in [1.82, 2.24) is 4.90 Å². The van der Waals surface area contributed by atoms with Crippen LogP contribution in [0.2, 0.25) is 0 Å². The van der Waals surface area contributed by atoms with Crippen LogP contribution in [0, 0.1) is 17.3 Å². The van der Waals surface area contributed by atoms with E-state index in [1.54, 1.807) is 0 Å². The molecule has 1 atom stereocenters. The van der Waals surface area contributed by atoms with Crippen molar-refractivity contribution in [2.24, 2.45) is 17.3 Å². The number of carboxylic acid groups (broad SMARTS) is 1. The molecule has 4 nitrogen and oxygen atoms in total. The highest BCUT2D eigenvalue weighted by atomic mass is 16.4. The maximum atomic E-state index is 12.4. The van der Waals surface area contributed by atoms with Gasteiger partial charge >= 0.3 is 5.97 Å². The SMILES string of the molecule is O=C(O)[C@H]1CC12CCN(C(=O)C1CCCCC1)CC2. The van der Waals surface area contributed by atoms with Crippen molar-refractivity contribution in [1.29, 1.82) is 0 Å². The quantitative estimate of drug-likeness (QED) is 0.833. The third-order valence-electron chi connectivity index (χ3n) is 5.51. The maximum Gasteiger partial charge on any atom is 0.307 e. The minimum absolute atomic E-state index is 0.0369. The first-order valence-corrected chi connectivity index (χ1v) is 7.64. The summed E-state index contributed by atoms with van der Waals surface area (Å²) in [6.07, 6.45) is 8.37. The summed E-state index contributed by atoms with van der Waals surface area (Å²) in [5.41, 5.74) is 0.0369. The van der Waals surface area contributed by atoms with Crippen molar-refractivity contribution < 1.29 is 14.7 Å². The van der Waals surface area contributed by atoms with Gasteiger partial charge in [-0.05, 0) is 37.5 Å². The number of aliphatic carboxylic acids is 1. The molecule has 0 bridgehead atoms. The molecule has 0 radical (unpaired) electrons. The third kappa shape index (κ3) is 2.37. The predicted molar refractivity (Wildman–Crippen MR) is 70.6 cm³/mol. The van der Waals surface area contributed by atoms with Gasteiger partial charge in [0, 0.05) is 19.0 Å². The smallest absolute Gasteiger partial charge is 0.307 e. The fourth-order valence-corrected chi connectivity index (χ4v) is 4.03. The second-order valence-electron chi connectivity index (χ2n) is 6.62. The summed E-state index contributed by atoms with van der Waals surface area (Å²) in [7, 11) is 0. The monoisotopic (exact) mass is 265 g/mol. The van der Waals surface area contributed by atoms with E-state index in [0.29, 0.717) is 5.91 Å². The van der Waals surface area contributed by atoms with E-state index in [1.807, 2.05) is 4.90 Å². The topological polar surface area (TPSA) is 57.6 Å². The predicted octanol–water partition coefficient (Wildman–Crippen LogP) is 2.28. The number of carbonyl (C=O) groups excluding carboxylic acids is 1. The Morgan fingerprint density at radius 2 is 1.68 bits per heavy atom. The van der Waals surface area contributed by atoms with Gasteiger partial charge in [-0.15, -0.1) is 0 Å². The van der Waals surface area contributed by atoms with E-state index in [9.17, 15) is 9.59 Å². The van der Waals surface area contributed by atoms with Crippen LogP contribution in [0.5, 0.6) is 0 Å². The molecule has 1 spiro atoms. The number of amides is 1. The van der Waals surface area contributed by atoms with E-state index in [1.165, 1.54) is 19.3 Å². The molecular weight excluding hydrogens is 242 g/mol. The van der Waals surface area contributed by atoms with Crippen molar-refractivity contribution >= 4 is 11.9 Å². The second-order valence-corrected chi connectivity index (χ2v) is 6.62. The molecule has 3 fully saturated rings. The summed E-state index contributed by atoms with van der Waals surface area (Å²) < 4.78 is 0. The Kier molecular flexibility index (Phi) is 3.27. The van der Waals surface area contributed by atoms with Crippen molar-refractivity contribution in [2.75, 3.05) is 13.1 Å². The van der Waals surface area contributed by atoms with Gasteiger partial charge in [-0.25, -0.2) is 0 Å². The standard InChI is InChI=1S/C15H23NO3/c17-13(11-4-2-1-3-5-11)16-8-6-15(7-9-16)10-12(15)14(18)19/h11-12H,1-10H2,(H,18,19)/t12-/m1/s1. The summed E-state index contributed by atoms with van der Waals surface area (Å²) in [6.45, 7) is 1.55. The molecule has 1 N–H and O–H groups in total. The van der Waals surface area contributed by atoms with Crippen LogP contribution in [0.3, 0.4) is 0 Å². The Morgan fingerprint density at radius 1 is 1.05 bits per heavy atom. The first-order chi connectivity index (χ1) is 9.12. The van der Waals surface area contributed by atoms with Gasteiger partial charge in [0.2, 0.25) is 5.91 Å². The minimum Gasteiger partial charge on any atom is -0.481 e. The van der Waals surface area contributed by atoms with Gasteiger partial charge in [-0.3, -0.25) is 9.59 Å². The van der Waals surface area contributed by atoms with Gasteiger partial charge in [0.25, 0.3) is 0 Å². The van der Waals surface area contributed by atoms with Crippen molar-refractivity contribution in [3.05, 3.63) is 0 Å². The molecule has 1 saturated heterocycles. The highest BCUT2D eigenvalue weighted by Crippen LogP contribution is 2.59. The lowest BCUT2D eigenvalue weighted by atomic mass is 9.86. The molecular formula is C15H23NO3. The maximum absolute atomic E-state index is 12.4. The van der Waals surface area contributed by atoms with Gasteiger partial charge < -0.3 is 10.0 Å². The molecule has 0 unspecified atom stereocenters. The molecule has 0 aromatic carbocycles. The van der Waals surface area contributed by atoms with Crippen LogP contribution >= 0.6 is 0 Å². The van der Waals surface area contributed by atoms with E-state index in [0.717, 1.165) is 45.2 Å². The van der Waals surface area contributed by atoms with Crippen LogP contribution in [0.1, 0.15) is 51.4 Å². The number of carboxylic acids is 1. The number of nitrogens with zero attached hydrogens (tertiary/aromatic N) is 1. The Labute approximate surface area is 114 Å². The van der Waals surface area contributed by atoms with Crippen LogP contribution in [0.15, 0.2) is 0 Å². The summed E-state index contributed by atoms with van der Waals surface area (Å²) in [5.74, 6) is -0.203. The van der Waals surface area contributed by atoms with Gasteiger partial charge in [0.15, 0.2) is 0 Å². The van der Waals surface area contributed by atoms with Crippen molar-refractivity contribution in [2.45, 2.75) is 51.4 Å². The molecule has 106 valence electrons. The molecule has 1 heterocycles. The molecule has 2 saturated carbocycles. The van der Waals surface area contributed by atoms with Crippen LogP contribution in [0.4, 0.5) is 0 Å². The number of carbonyl (C=O) groups is 2. The van der Waals surface area contributed by atoms with E-state index in [2.05, 4.69) is 0 Å². The molecule has 3 aliphatic rings. The number of likely N-dealkylation sites (tertiary alicyclic amines) is 1. The summed E-state index contributed by atoms with van der Waals surface area (Å²) in [4.78, 5) is 25.4. The normalized spacial score (nSPS) is 30.3. The first-order valence-electron chi connectivity index (χ1n) is 7.64. The second kappa shape index (κ2) is 4.80. The van der Waals surface area contributed by atoms with E-state index in [-0.39, 0.29) is 17.3 Å². The summed E-state index contributed by atoms with van der Waals surface area (Å²) in [6, 6.07) is 0. The zero-order chi connectivity index (χ0) is 13.5. The fraction of sp³-hybridized carbons (Fsp3) is 0.867. The minimum atomic E-state index is -0.646. The van der Waals surface area contributed by atoms with E-state index < -0.39 is 5.97 Å². The van der Waals surface area contributed by atoms with E-state index >= 15 is 0 Å². The Hall–Kier alpha value is -1.06. The average molecular weight is 265 g/mol. The molecule has 1 aliphatic heterocycles. The van der Waals surface area contributed by atoms with Crippen LogP contribution in [0.25, 0.3) is 0 Å².